The molecule has 4 atom stereocenters. The summed E-state index contributed by atoms with van der Waals surface area (Å²) in [7, 11) is 1.53. The number of aliphatic hydroxyl groups is 2. The molecule has 1 aliphatic heterocycles. The second-order valence-corrected chi connectivity index (χ2v) is 7.28. The lowest BCUT2D eigenvalue weighted by Crippen LogP contribution is -2.38. The van der Waals surface area contributed by atoms with Gasteiger partial charge in [-0.2, -0.15) is 0 Å². The quantitative estimate of drug-likeness (QED) is 0.735. The van der Waals surface area contributed by atoms with E-state index in [0.717, 1.165) is 0 Å². The number of rotatable bonds is 2. The van der Waals surface area contributed by atoms with Gasteiger partial charge in [-0.1, -0.05) is 0 Å². The summed E-state index contributed by atoms with van der Waals surface area (Å²) in [5.41, 5.74) is 0.428. The Bertz CT molecular complexity index is 890. The molecule has 2 aromatic rings. The SMILES string of the molecule is COc1ccc2[nH]cc(C(=O)N3C[C@H]4C[C@H](O)[C@H](O)C[C@H]4C3)c(=O)c2c1. The van der Waals surface area contributed by atoms with Gasteiger partial charge in [0.2, 0.25) is 5.43 Å². The van der Waals surface area contributed by atoms with Crippen LogP contribution in [0.1, 0.15) is 23.2 Å². The maximum atomic E-state index is 12.9. The number of hydrogen-bond donors (Lipinski definition) is 3. The highest BCUT2D eigenvalue weighted by Crippen LogP contribution is 2.36. The van der Waals surface area contributed by atoms with Gasteiger partial charge in [-0.25, -0.2) is 0 Å². The standard InChI is InChI=1S/C19H22N2O5/c1-26-12-2-3-15-13(6-12)18(24)14(7-20-15)19(25)21-8-10-4-16(22)17(23)5-11(10)9-21/h2-3,6-7,10-11,16-17,22-23H,4-5,8-9H2,1H3,(H,20,24)/t10-,11+,16+,17-. The third kappa shape index (κ3) is 2.77. The second-order valence-electron chi connectivity index (χ2n) is 7.28. The molecule has 2 heterocycles. The number of carbonyl (C=O) groups excluding carboxylic acids is 1. The second kappa shape index (κ2) is 6.41. The molecule has 26 heavy (non-hydrogen) atoms. The van der Waals surface area contributed by atoms with Crippen LogP contribution in [0.2, 0.25) is 0 Å². The van der Waals surface area contributed by atoms with E-state index in [0.29, 0.717) is 42.6 Å². The normalized spacial score (nSPS) is 28.2. The molecule has 1 aromatic carbocycles. The van der Waals surface area contributed by atoms with Gasteiger partial charge in [-0.05, 0) is 42.9 Å². The molecule has 1 saturated carbocycles. The number of nitrogens with one attached hydrogen (secondary N) is 1. The van der Waals surface area contributed by atoms with Gasteiger partial charge in [0.15, 0.2) is 0 Å². The first-order valence-corrected chi connectivity index (χ1v) is 8.82. The number of aliphatic hydroxyl groups excluding tert-OH is 2. The molecule has 7 nitrogen and oxygen atoms in total. The van der Waals surface area contributed by atoms with E-state index in [2.05, 4.69) is 4.98 Å². The number of fused-ring (bicyclic) bond motifs is 2. The van der Waals surface area contributed by atoms with Gasteiger partial charge in [-0.3, -0.25) is 9.59 Å². The Morgan fingerprint density at radius 1 is 1.19 bits per heavy atom. The van der Waals surface area contributed by atoms with Crippen molar-refractivity contribution in [1.29, 1.82) is 0 Å². The van der Waals surface area contributed by atoms with Crippen LogP contribution in [-0.2, 0) is 0 Å². The van der Waals surface area contributed by atoms with Crippen molar-refractivity contribution in [2.45, 2.75) is 25.0 Å². The van der Waals surface area contributed by atoms with Crippen molar-refractivity contribution < 1.29 is 19.7 Å². The van der Waals surface area contributed by atoms with Gasteiger partial charge in [0.1, 0.15) is 11.3 Å². The number of pyridine rings is 1. The van der Waals surface area contributed by atoms with Crippen LogP contribution in [-0.4, -0.2) is 58.4 Å². The molecular formula is C19H22N2O5. The summed E-state index contributed by atoms with van der Waals surface area (Å²) in [4.78, 5) is 30.4. The van der Waals surface area contributed by atoms with Gasteiger partial charge in [0, 0.05) is 30.2 Å². The fourth-order valence-electron chi connectivity index (χ4n) is 4.23. The molecule has 1 aromatic heterocycles. The number of methoxy groups -OCH3 is 1. The monoisotopic (exact) mass is 358 g/mol. The summed E-state index contributed by atoms with van der Waals surface area (Å²) in [5, 5.41) is 20.1. The van der Waals surface area contributed by atoms with Gasteiger partial charge in [-0.15, -0.1) is 0 Å². The van der Waals surface area contributed by atoms with Crippen molar-refractivity contribution in [3.05, 3.63) is 40.2 Å². The molecule has 1 saturated heterocycles. The summed E-state index contributed by atoms with van der Waals surface area (Å²) < 4.78 is 5.17. The van der Waals surface area contributed by atoms with E-state index in [-0.39, 0.29) is 28.7 Å². The predicted octanol–water partition coefficient (Wildman–Crippen LogP) is 0.741. The van der Waals surface area contributed by atoms with Crippen molar-refractivity contribution >= 4 is 16.8 Å². The summed E-state index contributed by atoms with van der Waals surface area (Å²) in [6.07, 6.45) is 0.970. The average Bonchev–Trinajstić information content (AvgIpc) is 3.04. The number of amides is 1. The fourth-order valence-corrected chi connectivity index (χ4v) is 4.23. The van der Waals surface area contributed by atoms with Crippen LogP contribution in [0.5, 0.6) is 5.75 Å². The number of H-pyrrole nitrogens is 1. The molecule has 2 fully saturated rings. The average molecular weight is 358 g/mol. The Labute approximate surface area is 150 Å². The molecule has 138 valence electrons. The number of hydrogen-bond acceptors (Lipinski definition) is 5. The van der Waals surface area contributed by atoms with Crippen molar-refractivity contribution in [2.75, 3.05) is 20.2 Å². The molecule has 7 heteroatoms. The number of nitrogens with zero attached hydrogens (tertiary/aromatic N) is 1. The third-order valence-electron chi connectivity index (χ3n) is 5.71. The first kappa shape index (κ1) is 17.1. The van der Waals surface area contributed by atoms with Crippen molar-refractivity contribution in [1.82, 2.24) is 9.88 Å². The first-order chi connectivity index (χ1) is 12.5. The Hall–Kier alpha value is -2.38. The molecule has 4 rings (SSSR count). The highest BCUT2D eigenvalue weighted by molar-refractivity contribution is 5.97. The first-order valence-electron chi connectivity index (χ1n) is 8.82. The summed E-state index contributed by atoms with van der Waals surface area (Å²) in [5.74, 6) is 0.575. The fraction of sp³-hybridized carbons (Fsp3) is 0.474. The number of carbonyl (C=O) groups is 1. The van der Waals surface area contributed by atoms with E-state index in [1.54, 1.807) is 23.1 Å². The summed E-state index contributed by atoms with van der Waals surface area (Å²) in [6.45, 7) is 1.01. The van der Waals surface area contributed by atoms with Crippen molar-refractivity contribution in [2.24, 2.45) is 11.8 Å². The van der Waals surface area contributed by atoms with E-state index in [4.69, 9.17) is 4.74 Å². The summed E-state index contributed by atoms with van der Waals surface area (Å²) in [6, 6.07) is 5.12. The molecule has 0 spiro atoms. The highest BCUT2D eigenvalue weighted by Gasteiger charge is 2.42. The van der Waals surface area contributed by atoms with Crippen LogP contribution in [0, 0.1) is 11.8 Å². The molecule has 2 aliphatic rings. The molecule has 3 N–H and O–H groups in total. The van der Waals surface area contributed by atoms with E-state index < -0.39 is 12.2 Å². The minimum Gasteiger partial charge on any atom is -0.497 e. The molecule has 1 amide bonds. The van der Waals surface area contributed by atoms with Crippen LogP contribution >= 0.6 is 0 Å². The topological polar surface area (TPSA) is 103 Å². The Morgan fingerprint density at radius 3 is 2.46 bits per heavy atom. The Kier molecular flexibility index (Phi) is 4.20. The zero-order chi connectivity index (χ0) is 18.4. The predicted molar refractivity (Wildman–Crippen MR) is 95.3 cm³/mol. The number of aromatic nitrogens is 1. The van der Waals surface area contributed by atoms with Crippen LogP contribution in [0.15, 0.2) is 29.2 Å². The number of likely N-dealkylation sites (tertiary alicyclic amines) is 1. The lowest BCUT2D eigenvalue weighted by Gasteiger charge is -2.31. The summed E-state index contributed by atoms with van der Waals surface area (Å²) >= 11 is 0. The Balaban J connectivity index is 1.63. The largest absolute Gasteiger partial charge is 0.497 e. The molecular weight excluding hydrogens is 336 g/mol. The number of ether oxygens (including phenoxy) is 1. The zero-order valence-corrected chi connectivity index (χ0v) is 14.5. The number of benzene rings is 1. The van der Waals surface area contributed by atoms with E-state index in [1.165, 1.54) is 13.3 Å². The highest BCUT2D eigenvalue weighted by atomic mass is 16.5. The lowest BCUT2D eigenvalue weighted by molar-refractivity contribution is -0.0372. The van der Waals surface area contributed by atoms with E-state index >= 15 is 0 Å². The molecule has 0 bridgehead atoms. The minimum atomic E-state index is -0.733. The maximum absolute atomic E-state index is 12.9. The van der Waals surface area contributed by atoms with Crippen molar-refractivity contribution in [3.63, 3.8) is 0 Å². The van der Waals surface area contributed by atoms with Crippen LogP contribution in [0.3, 0.4) is 0 Å². The molecule has 1 aliphatic carbocycles. The van der Waals surface area contributed by atoms with Crippen LogP contribution < -0.4 is 10.2 Å². The molecule has 0 unspecified atom stereocenters. The van der Waals surface area contributed by atoms with Crippen LogP contribution in [0.25, 0.3) is 10.9 Å². The maximum Gasteiger partial charge on any atom is 0.259 e. The van der Waals surface area contributed by atoms with E-state index in [9.17, 15) is 19.8 Å². The van der Waals surface area contributed by atoms with Gasteiger partial charge in [0.25, 0.3) is 5.91 Å². The van der Waals surface area contributed by atoms with Gasteiger partial charge in [0.05, 0.1) is 19.3 Å². The zero-order valence-electron chi connectivity index (χ0n) is 14.5. The minimum absolute atomic E-state index is 0.102. The lowest BCUT2D eigenvalue weighted by atomic mass is 9.79. The Morgan fingerprint density at radius 2 is 1.85 bits per heavy atom. The van der Waals surface area contributed by atoms with Crippen molar-refractivity contribution in [3.8, 4) is 5.75 Å². The smallest absolute Gasteiger partial charge is 0.259 e. The van der Waals surface area contributed by atoms with E-state index in [1.807, 2.05) is 0 Å². The molecule has 0 radical (unpaired) electrons. The van der Waals surface area contributed by atoms with Gasteiger partial charge < -0.3 is 24.8 Å². The third-order valence-corrected chi connectivity index (χ3v) is 5.71. The van der Waals surface area contributed by atoms with Crippen LogP contribution in [0.4, 0.5) is 0 Å². The number of aromatic amines is 1. The van der Waals surface area contributed by atoms with Gasteiger partial charge >= 0.3 is 0 Å².